The largest absolute Gasteiger partial charge is 0.386 e. The Morgan fingerprint density at radius 2 is 2.03 bits per heavy atom. The van der Waals surface area contributed by atoms with Crippen LogP contribution in [-0.2, 0) is 28.2 Å². The Hall–Kier alpha value is -3.05. The van der Waals surface area contributed by atoms with Gasteiger partial charge in [-0.2, -0.15) is 0 Å². The molecule has 160 valence electrons. The standard InChI is InChI=1S/C23H24N4O3S/c1-22(2)21(24)27-23(14-31(22,29)30)10-4-5-16-7-6-15(11-18(16)23)12-20(28)19-9-8-17(25-3)13-26-19/h6-9,11,13H,4-5,10,12,14H2,1-2H3,(H2,24,27)/t23-/m0/s1. The number of amidine groups is 1. The van der Waals surface area contributed by atoms with Crippen LogP contribution >= 0.6 is 0 Å². The Morgan fingerprint density at radius 1 is 1.26 bits per heavy atom. The molecular weight excluding hydrogens is 412 g/mol. The van der Waals surface area contributed by atoms with Crippen LogP contribution in [0.1, 0.15) is 53.9 Å². The molecule has 31 heavy (non-hydrogen) atoms. The van der Waals surface area contributed by atoms with E-state index in [1.54, 1.807) is 26.0 Å². The number of nitrogens with zero attached hydrogens (tertiary/aromatic N) is 3. The second kappa shape index (κ2) is 7.27. The fourth-order valence-corrected chi connectivity index (χ4v) is 6.02. The third-order valence-electron chi connectivity index (χ3n) is 6.40. The van der Waals surface area contributed by atoms with Crippen molar-refractivity contribution in [2.75, 3.05) is 5.75 Å². The summed E-state index contributed by atoms with van der Waals surface area (Å²) in [7, 11) is -3.50. The summed E-state index contributed by atoms with van der Waals surface area (Å²) in [5.74, 6) is -0.114. The zero-order valence-corrected chi connectivity index (χ0v) is 18.4. The Balaban J connectivity index is 1.71. The number of aromatic nitrogens is 1. The van der Waals surface area contributed by atoms with Gasteiger partial charge in [0.2, 0.25) is 5.69 Å². The maximum atomic E-state index is 13.1. The van der Waals surface area contributed by atoms with Gasteiger partial charge in [0.05, 0.1) is 12.3 Å². The van der Waals surface area contributed by atoms with Crippen LogP contribution < -0.4 is 5.73 Å². The third-order valence-corrected chi connectivity index (χ3v) is 9.02. The number of sulfone groups is 1. The van der Waals surface area contributed by atoms with Crippen LogP contribution in [0.5, 0.6) is 0 Å². The van der Waals surface area contributed by atoms with E-state index in [0.717, 1.165) is 29.5 Å². The summed E-state index contributed by atoms with van der Waals surface area (Å²) in [5, 5.41) is 0. The molecule has 0 bridgehead atoms. The molecule has 2 N–H and O–H groups in total. The highest BCUT2D eigenvalue weighted by atomic mass is 32.2. The lowest BCUT2D eigenvalue weighted by Gasteiger charge is -2.43. The molecule has 0 unspecified atom stereocenters. The average molecular weight is 437 g/mol. The number of carbonyl (C=O) groups excluding carboxylic acids is 1. The van der Waals surface area contributed by atoms with Gasteiger partial charge in [-0.05, 0) is 55.9 Å². The Kier molecular flexibility index (Phi) is 4.97. The fourth-order valence-electron chi connectivity index (χ4n) is 4.30. The van der Waals surface area contributed by atoms with Gasteiger partial charge in [-0.3, -0.25) is 14.8 Å². The van der Waals surface area contributed by atoms with E-state index < -0.39 is 20.1 Å². The number of aliphatic imine (C=N–C) groups is 1. The highest BCUT2D eigenvalue weighted by Gasteiger charge is 2.51. The van der Waals surface area contributed by atoms with Gasteiger partial charge in [-0.15, -0.1) is 0 Å². The summed E-state index contributed by atoms with van der Waals surface area (Å²) < 4.78 is 24.9. The van der Waals surface area contributed by atoms with Gasteiger partial charge in [0.1, 0.15) is 21.8 Å². The zero-order chi connectivity index (χ0) is 22.4. The number of aryl methyl sites for hydroxylation is 1. The topological polar surface area (TPSA) is 107 Å². The highest BCUT2D eigenvalue weighted by Crippen LogP contribution is 2.44. The van der Waals surface area contributed by atoms with Crippen LogP contribution in [-0.4, -0.2) is 35.5 Å². The number of rotatable bonds is 3. The van der Waals surface area contributed by atoms with Crippen molar-refractivity contribution in [2.45, 2.75) is 49.8 Å². The van der Waals surface area contributed by atoms with Crippen LogP contribution in [0.15, 0.2) is 41.5 Å². The first-order valence-electron chi connectivity index (χ1n) is 10.2. The zero-order valence-electron chi connectivity index (χ0n) is 17.6. The van der Waals surface area contributed by atoms with Crippen molar-refractivity contribution in [3.05, 3.63) is 70.3 Å². The Bertz CT molecular complexity index is 1240. The molecule has 1 aromatic heterocycles. The number of fused-ring (bicyclic) bond motifs is 2. The van der Waals surface area contributed by atoms with Crippen molar-refractivity contribution in [1.82, 2.24) is 4.98 Å². The predicted octanol–water partition coefficient (Wildman–Crippen LogP) is 3.15. The summed E-state index contributed by atoms with van der Waals surface area (Å²) in [6.07, 6.45) is 3.78. The SMILES string of the molecule is [C-]#[N+]c1ccc(C(=O)Cc2ccc3c(c2)[C@]2(CCC3)CS(=O)(=O)C(C)(C)C(N)=N2)nc1. The molecule has 1 spiro atoms. The van der Waals surface area contributed by atoms with E-state index in [2.05, 4.69) is 9.83 Å². The minimum absolute atomic E-state index is 0.0856. The molecule has 4 rings (SSSR count). The van der Waals surface area contributed by atoms with Crippen LogP contribution in [0.25, 0.3) is 4.85 Å². The van der Waals surface area contributed by atoms with Gasteiger partial charge in [-0.1, -0.05) is 24.3 Å². The van der Waals surface area contributed by atoms with Crippen LogP contribution in [0, 0.1) is 6.57 Å². The van der Waals surface area contributed by atoms with Crippen molar-refractivity contribution in [2.24, 2.45) is 10.7 Å². The van der Waals surface area contributed by atoms with E-state index in [9.17, 15) is 13.2 Å². The quantitative estimate of drug-likeness (QED) is 0.587. The molecule has 7 nitrogen and oxygen atoms in total. The summed E-state index contributed by atoms with van der Waals surface area (Å²) in [6.45, 7) is 10.2. The molecule has 2 aromatic rings. The summed E-state index contributed by atoms with van der Waals surface area (Å²) in [5.41, 5.74) is 8.60. The minimum Gasteiger partial charge on any atom is -0.386 e. The first-order valence-corrected chi connectivity index (χ1v) is 11.8. The van der Waals surface area contributed by atoms with Gasteiger partial charge >= 0.3 is 0 Å². The van der Waals surface area contributed by atoms with Crippen molar-refractivity contribution < 1.29 is 13.2 Å². The van der Waals surface area contributed by atoms with Crippen LogP contribution in [0.4, 0.5) is 5.69 Å². The maximum Gasteiger partial charge on any atom is 0.205 e. The molecule has 1 aromatic carbocycles. The Morgan fingerprint density at radius 3 is 2.68 bits per heavy atom. The number of hydrogen-bond donors (Lipinski definition) is 1. The minimum atomic E-state index is -3.50. The van der Waals surface area contributed by atoms with E-state index in [-0.39, 0.29) is 23.8 Å². The maximum absolute atomic E-state index is 13.1. The molecule has 0 saturated carbocycles. The van der Waals surface area contributed by atoms with Gasteiger partial charge in [0.15, 0.2) is 15.6 Å². The van der Waals surface area contributed by atoms with Gasteiger partial charge in [-0.25, -0.2) is 13.3 Å². The monoisotopic (exact) mass is 436 g/mol. The highest BCUT2D eigenvalue weighted by molar-refractivity contribution is 7.93. The fraction of sp³-hybridized carbons (Fsp3) is 0.391. The first-order chi connectivity index (χ1) is 14.6. The molecule has 2 aliphatic rings. The number of nitrogens with two attached hydrogens (primary N) is 1. The lowest BCUT2D eigenvalue weighted by atomic mass is 9.76. The van der Waals surface area contributed by atoms with E-state index in [4.69, 9.17) is 17.3 Å². The van der Waals surface area contributed by atoms with Gasteiger partial charge in [0, 0.05) is 12.6 Å². The lowest BCUT2D eigenvalue weighted by molar-refractivity contribution is 0.0988. The molecule has 8 heteroatoms. The average Bonchev–Trinajstić information content (AvgIpc) is 2.73. The van der Waals surface area contributed by atoms with Crippen molar-refractivity contribution in [3.63, 3.8) is 0 Å². The van der Waals surface area contributed by atoms with Crippen LogP contribution in [0.3, 0.4) is 0 Å². The lowest BCUT2D eigenvalue weighted by Crippen LogP contribution is -2.56. The van der Waals surface area contributed by atoms with Crippen molar-refractivity contribution in [3.8, 4) is 0 Å². The number of pyridine rings is 1. The van der Waals surface area contributed by atoms with Gasteiger partial charge < -0.3 is 5.73 Å². The molecule has 1 aliphatic carbocycles. The van der Waals surface area contributed by atoms with E-state index >= 15 is 0 Å². The van der Waals surface area contributed by atoms with Gasteiger partial charge in [0.25, 0.3) is 0 Å². The molecular formula is C23H24N4O3S. The molecule has 0 amide bonds. The first kappa shape index (κ1) is 21.2. The number of carbonyl (C=O) groups is 1. The predicted molar refractivity (Wildman–Crippen MR) is 119 cm³/mol. The summed E-state index contributed by atoms with van der Waals surface area (Å²) in [4.78, 5) is 24.8. The normalized spacial score (nSPS) is 23.5. The molecule has 0 saturated heterocycles. The molecule has 1 atom stereocenters. The summed E-state index contributed by atoms with van der Waals surface area (Å²) >= 11 is 0. The third kappa shape index (κ3) is 3.53. The molecule has 0 radical (unpaired) electrons. The summed E-state index contributed by atoms with van der Waals surface area (Å²) in [6, 6.07) is 8.89. The van der Waals surface area contributed by atoms with E-state index in [1.807, 2.05) is 18.2 Å². The molecule has 0 fully saturated rings. The van der Waals surface area contributed by atoms with Crippen LogP contribution in [0.2, 0.25) is 0 Å². The second-order valence-electron chi connectivity index (χ2n) is 8.76. The van der Waals surface area contributed by atoms with E-state index in [0.29, 0.717) is 17.8 Å². The number of hydrogen-bond acceptors (Lipinski definition) is 6. The van der Waals surface area contributed by atoms with E-state index in [1.165, 1.54) is 6.20 Å². The second-order valence-corrected chi connectivity index (χ2v) is 11.3. The number of Topliss-reactive ketones (excluding diaryl/α,β-unsaturated/α-hetero) is 1. The van der Waals surface area contributed by atoms with Crippen molar-refractivity contribution >= 4 is 27.1 Å². The number of ketones is 1. The smallest absolute Gasteiger partial charge is 0.205 e. The molecule has 2 heterocycles. The molecule has 1 aliphatic heterocycles. The number of benzene rings is 1. The van der Waals surface area contributed by atoms with Crippen molar-refractivity contribution in [1.29, 1.82) is 0 Å². The Labute approximate surface area is 182 Å².